The highest BCUT2D eigenvalue weighted by atomic mass is 32.2. The van der Waals surface area contributed by atoms with E-state index in [0.29, 0.717) is 19.3 Å². The minimum atomic E-state index is -0.0387. The lowest BCUT2D eigenvalue weighted by Gasteiger charge is -2.05. The summed E-state index contributed by atoms with van der Waals surface area (Å²) >= 11 is 1.66. The van der Waals surface area contributed by atoms with Gasteiger partial charge in [-0.3, -0.25) is 4.79 Å². The fourth-order valence-electron chi connectivity index (χ4n) is 1.40. The molecule has 0 radical (unpaired) electrons. The molecule has 0 bridgehead atoms. The van der Waals surface area contributed by atoms with Crippen LogP contribution in [0.3, 0.4) is 0 Å². The maximum absolute atomic E-state index is 11.5. The number of hydrogen-bond acceptors (Lipinski definition) is 3. The summed E-state index contributed by atoms with van der Waals surface area (Å²) in [5.74, 6) is 0.0882. The summed E-state index contributed by atoms with van der Waals surface area (Å²) in [6, 6.07) is 7.70. The smallest absolute Gasteiger partial charge is 0.224 e. The second-order valence-electron chi connectivity index (χ2n) is 3.83. The van der Waals surface area contributed by atoms with E-state index in [9.17, 15) is 9.59 Å². The molecule has 0 aliphatic rings. The van der Waals surface area contributed by atoms with Gasteiger partial charge in [0, 0.05) is 23.4 Å². The first kappa shape index (κ1) is 13.8. The summed E-state index contributed by atoms with van der Waals surface area (Å²) in [5, 5.41) is 2.81. The Bertz CT molecular complexity index is 387. The number of benzene rings is 1. The van der Waals surface area contributed by atoms with Gasteiger partial charge >= 0.3 is 0 Å². The number of carbonyl (C=O) groups is 2. The molecule has 92 valence electrons. The molecule has 0 saturated carbocycles. The van der Waals surface area contributed by atoms with E-state index >= 15 is 0 Å². The van der Waals surface area contributed by atoms with Crippen molar-refractivity contribution in [3.8, 4) is 0 Å². The van der Waals surface area contributed by atoms with E-state index in [4.69, 9.17) is 0 Å². The van der Waals surface area contributed by atoms with Crippen molar-refractivity contribution >= 4 is 29.1 Å². The van der Waals surface area contributed by atoms with E-state index in [1.807, 2.05) is 30.5 Å². The Morgan fingerprint density at radius 1 is 1.18 bits per heavy atom. The highest BCUT2D eigenvalue weighted by Crippen LogP contribution is 2.17. The third kappa shape index (κ3) is 5.54. The lowest BCUT2D eigenvalue weighted by atomic mass is 10.2. The van der Waals surface area contributed by atoms with Gasteiger partial charge in [0.1, 0.15) is 5.78 Å². The number of ketones is 1. The van der Waals surface area contributed by atoms with Crippen LogP contribution in [0.4, 0.5) is 5.69 Å². The molecule has 4 heteroatoms. The van der Waals surface area contributed by atoms with E-state index in [-0.39, 0.29) is 11.7 Å². The summed E-state index contributed by atoms with van der Waals surface area (Å²) in [6.45, 7) is 1.54. The first-order chi connectivity index (χ1) is 8.11. The van der Waals surface area contributed by atoms with Gasteiger partial charge < -0.3 is 10.1 Å². The number of rotatable bonds is 6. The summed E-state index contributed by atoms with van der Waals surface area (Å²) in [4.78, 5) is 23.4. The van der Waals surface area contributed by atoms with Gasteiger partial charge in [0.05, 0.1) is 0 Å². The van der Waals surface area contributed by atoms with Crippen LogP contribution < -0.4 is 5.32 Å². The van der Waals surface area contributed by atoms with E-state index in [1.165, 1.54) is 4.90 Å². The molecule has 0 saturated heterocycles. The number of Topliss-reactive ketones (excluding diaryl/α,β-unsaturated/α-hetero) is 1. The van der Waals surface area contributed by atoms with E-state index in [0.717, 1.165) is 5.69 Å². The van der Waals surface area contributed by atoms with Crippen LogP contribution in [0, 0.1) is 0 Å². The SMILES string of the molecule is CSc1ccc(NC(=O)CCCC(C)=O)cc1. The first-order valence-corrected chi connectivity index (χ1v) is 6.77. The molecular weight excluding hydrogens is 234 g/mol. The summed E-state index contributed by atoms with van der Waals surface area (Å²) in [5.41, 5.74) is 0.802. The molecule has 0 fully saturated rings. The summed E-state index contributed by atoms with van der Waals surface area (Å²) in [6.07, 6.45) is 3.49. The topological polar surface area (TPSA) is 46.2 Å². The summed E-state index contributed by atoms with van der Waals surface area (Å²) < 4.78 is 0. The lowest BCUT2D eigenvalue weighted by molar-refractivity contribution is -0.117. The van der Waals surface area contributed by atoms with Crippen LogP contribution in [-0.2, 0) is 9.59 Å². The standard InChI is InChI=1S/C13H17NO2S/c1-10(15)4-3-5-13(16)14-11-6-8-12(17-2)9-7-11/h6-9H,3-5H2,1-2H3,(H,14,16). The van der Waals surface area contributed by atoms with E-state index in [2.05, 4.69) is 5.32 Å². The Morgan fingerprint density at radius 3 is 2.35 bits per heavy atom. The molecule has 0 heterocycles. The molecule has 0 unspecified atom stereocenters. The van der Waals surface area contributed by atoms with Crippen LogP contribution >= 0.6 is 11.8 Å². The predicted molar refractivity (Wildman–Crippen MR) is 71.4 cm³/mol. The minimum Gasteiger partial charge on any atom is -0.326 e. The van der Waals surface area contributed by atoms with Gasteiger partial charge in [-0.2, -0.15) is 0 Å². The molecule has 0 spiro atoms. The van der Waals surface area contributed by atoms with Gasteiger partial charge in [-0.25, -0.2) is 0 Å². The maximum Gasteiger partial charge on any atom is 0.224 e. The molecule has 1 rings (SSSR count). The lowest BCUT2D eigenvalue weighted by Crippen LogP contribution is -2.11. The third-order valence-corrected chi connectivity index (χ3v) is 3.05. The van der Waals surface area contributed by atoms with Crippen molar-refractivity contribution in [2.24, 2.45) is 0 Å². The molecule has 0 aromatic heterocycles. The Labute approximate surface area is 106 Å². The zero-order valence-electron chi connectivity index (χ0n) is 10.2. The molecule has 1 N–H and O–H groups in total. The zero-order chi connectivity index (χ0) is 12.7. The van der Waals surface area contributed by atoms with E-state index in [1.54, 1.807) is 18.7 Å². The van der Waals surface area contributed by atoms with Crippen LogP contribution in [0.5, 0.6) is 0 Å². The average molecular weight is 251 g/mol. The highest BCUT2D eigenvalue weighted by molar-refractivity contribution is 7.98. The van der Waals surface area contributed by atoms with Gasteiger partial charge in [-0.1, -0.05) is 0 Å². The summed E-state index contributed by atoms with van der Waals surface area (Å²) in [7, 11) is 0. The number of nitrogens with one attached hydrogen (secondary N) is 1. The van der Waals surface area contributed by atoms with Gasteiger partial charge in [0.25, 0.3) is 0 Å². The molecule has 1 aromatic carbocycles. The zero-order valence-corrected chi connectivity index (χ0v) is 11.0. The molecule has 1 aromatic rings. The normalized spacial score (nSPS) is 10.0. The second-order valence-corrected chi connectivity index (χ2v) is 4.71. The second kappa shape index (κ2) is 7.12. The van der Waals surface area contributed by atoms with E-state index < -0.39 is 0 Å². The van der Waals surface area contributed by atoms with Crippen LogP contribution in [0.15, 0.2) is 29.2 Å². The Morgan fingerprint density at radius 2 is 1.82 bits per heavy atom. The molecule has 0 aliphatic carbocycles. The van der Waals surface area contributed by atoms with Crippen molar-refractivity contribution in [1.29, 1.82) is 0 Å². The molecule has 0 atom stereocenters. The number of anilines is 1. The van der Waals surface area contributed by atoms with Crippen molar-refractivity contribution in [1.82, 2.24) is 0 Å². The number of hydrogen-bond donors (Lipinski definition) is 1. The largest absolute Gasteiger partial charge is 0.326 e. The van der Waals surface area contributed by atoms with Crippen molar-refractivity contribution in [3.63, 3.8) is 0 Å². The fourth-order valence-corrected chi connectivity index (χ4v) is 1.80. The van der Waals surface area contributed by atoms with Gasteiger partial charge in [0.2, 0.25) is 5.91 Å². The number of thioether (sulfide) groups is 1. The number of amides is 1. The van der Waals surface area contributed by atoms with Crippen molar-refractivity contribution in [2.75, 3.05) is 11.6 Å². The molecule has 0 aliphatic heterocycles. The Hall–Kier alpha value is -1.29. The quantitative estimate of drug-likeness (QED) is 0.790. The molecular formula is C13H17NO2S. The van der Waals surface area contributed by atoms with Gasteiger partial charge in [0.15, 0.2) is 0 Å². The molecule has 17 heavy (non-hydrogen) atoms. The Balaban J connectivity index is 2.37. The van der Waals surface area contributed by atoms with Crippen molar-refractivity contribution < 1.29 is 9.59 Å². The van der Waals surface area contributed by atoms with Crippen LogP contribution in [0.25, 0.3) is 0 Å². The maximum atomic E-state index is 11.5. The minimum absolute atomic E-state index is 0.0387. The van der Waals surface area contributed by atoms with Crippen molar-refractivity contribution in [3.05, 3.63) is 24.3 Å². The average Bonchev–Trinajstić information content (AvgIpc) is 2.29. The van der Waals surface area contributed by atoms with Crippen LogP contribution in [0.1, 0.15) is 26.2 Å². The first-order valence-electron chi connectivity index (χ1n) is 5.55. The Kier molecular flexibility index (Phi) is 5.77. The fraction of sp³-hybridized carbons (Fsp3) is 0.385. The van der Waals surface area contributed by atoms with Crippen molar-refractivity contribution in [2.45, 2.75) is 31.1 Å². The monoisotopic (exact) mass is 251 g/mol. The molecule has 3 nitrogen and oxygen atoms in total. The predicted octanol–water partition coefficient (Wildman–Crippen LogP) is 3.11. The third-order valence-electron chi connectivity index (χ3n) is 2.31. The van der Waals surface area contributed by atoms with Crippen LogP contribution in [-0.4, -0.2) is 17.9 Å². The highest BCUT2D eigenvalue weighted by Gasteiger charge is 2.03. The number of carbonyl (C=O) groups excluding carboxylic acids is 2. The molecule has 1 amide bonds. The van der Waals surface area contributed by atoms with Gasteiger partial charge in [-0.15, -0.1) is 11.8 Å². The van der Waals surface area contributed by atoms with Gasteiger partial charge in [-0.05, 0) is 43.9 Å². The van der Waals surface area contributed by atoms with Crippen LogP contribution in [0.2, 0.25) is 0 Å².